The highest BCUT2D eigenvalue weighted by atomic mass is 32.1. The minimum absolute atomic E-state index is 0.112. The number of carbonyl (C=O) groups excluding carboxylic acids is 1. The summed E-state index contributed by atoms with van der Waals surface area (Å²) < 4.78 is 0. The first-order chi connectivity index (χ1) is 9.74. The van der Waals surface area contributed by atoms with Crippen LogP contribution < -0.4 is 0 Å². The van der Waals surface area contributed by atoms with Gasteiger partial charge in [0, 0.05) is 30.2 Å². The molecule has 0 bridgehead atoms. The molecule has 20 heavy (non-hydrogen) atoms. The molecule has 2 aromatic heterocycles. The molecule has 4 heteroatoms. The van der Waals surface area contributed by atoms with Crippen LogP contribution in [0.2, 0.25) is 0 Å². The molecule has 0 spiro atoms. The molecule has 0 N–H and O–H groups in total. The maximum absolute atomic E-state index is 12.4. The molecule has 0 saturated carbocycles. The Hall–Kier alpha value is -1.68. The first-order valence-electron chi connectivity index (χ1n) is 7.02. The van der Waals surface area contributed by atoms with Crippen LogP contribution in [0.3, 0.4) is 0 Å². The molecule has 1 atom stereocenters. The quantitative estimate of drug-likeness (QED) is 0.843. The molecule has 1 aliphatic rings. The first kappa shape index (κ1) is 13.3. The van der Waals surface area contributed by atoms with Gasteiger partial charge in [-0.1, -0.05) is 6.92 Å². The van der Waals surface area contributed by atoms with Crippen LogP contribution in [0.4, 0.5) is 0 Å². The Bertz CT molecular complexity index is 577. The minimum atomic E-state index is 0.112. The fourth-order valence-corrected chi connectivity index (χ4v) is 3.31. The van der Waals surface area contributed by atoms with E-state index in [-0.39, 0.29) is 5.91 Å². The molecule has 3 nitrogen and oxygen atoms in total. The third kappa shape index (κ3) is 2.75. The molecular weight excluding hydrogens is 268 g/mol. The number of piperidine rings is 1. The summed E-state index contributed by atoms with van der Waals surface area (Å²) in [6, 6.07) is 5.87. The zero-order valence-electron chi connectivity index (χ0n) is 11.6. The van der Waals surface area contributed by atoms with Crippen molar-refractivity contribution in [1.29, 1.82) is 0 Å². The van der Waals surface area contributed by atoms with Crippen molar-refractivity contribution in [3.8, 4) is 11.3 Å². The van der Waals surface area contributed by atoms with Crippen molar-refractivity contribution in [2.75, 3.05) is 13.1 Å². The summed E-state index contributed by atoms with van der Waals surface area (Å²) in [7, 11) is 0. The predicted molar refractivity (Wildman–Crippen MR) is 81.9 cm³/mol. The number of aromatic nitrogens is 1. The fourth-order valence-electron chi connectivity index (χ4n) is 2.66. The number of likely N-dealkylation sites (tertiary alicyclic amines) is 1. The minimum Gasteiger partial charge on any atom is -0.338 e. The normalized spacial score (nSPS) is 19.1. The van der Waals surface area contributed by atoms with Crippen LogP contribution in [0.25, 0.3) is 11.3 Å². The van der Waals surface area contributed by atoms with Gasteiger partial charge in [0.2, 0.25) is 0 Å². The summed E-state index contributed by atoms with van der Waals surface area (Å²) >= 11 is 1.65. The maximum atomic E-state index is 12.4. The third-order valence-corrected chi connectivity index (χ3v) is 4.45. The molecule has 1 saturated heterocycles. The van der Waals surface area contributed by atoms with Crippen molar-refractivity contribution in [2.24, 2.45) is 5.92 Å². The number of hydrogen-bond acceptors (Lipinski definition) is 3. The van der Waals surface area contributed by atoms with Crippen LogP contribution in [0.15, 0.2) is 35.2 Å². The summed E-state index contributed by atoms with van der Waals surface area (Å²) in [5.41, 5.74) is 2.73. The monoisotopic (exact) mass is 286 g/mol. The molecule has 0 aromatic carbocycles. The van der Waals surface area contributed by atoms with Crippen molar-refractivity contribution in [3.63, 3.8) is 0 Å². The van der Waals surface area contributed by atoms with Gasteiger partial charge in [-0.15, -0.1) is 0 Å². The van der Waals surface area contributed by atoms with Gasteiger partial charge in [-0.25, -0.2) is 0 Å². The first-order valence-corrected chi connectivity index (χ1v) is 7.96. The lowest BCUT2D eigenvalue weighted by Gasteiger charge is -2.30. The Morgan fingerprint density at radius 2 is 2.30 bits per heavy atom. The second kappa shape index (κ2) is 5.75. The summed E-state index contributed by atoms with van der Waals surface area (Å²) in [5, 5.41) is 4.10. The van der Waals surface area contributed by atoms with Gasteiger partial charge in [-0.2, -0.15) is 11.3 Å². The van der Waals surface area contributed by atoms with Gasteiger partial charge >= 0.3 is 0 Å². The van der Waals surface area contributed by atoms with E-state index < -0.39 is 0 Å². The molecule has 1 aliphatic heterocycles. The maximum Gasteiger partial charge on any atom is 0.255 e. The van der Waals surface area contributed by atoms with Crippen molar-refractivity contribution in [3.05, 3.63) is 40.7 Å². The molecular formula is C16H18N2OS. The molecule has 1 fully saturated rings. The number of pyridine rings is 1. The molecule has 3 rings (SSSR count). The molecule has 1 amide bonds. The van der Waals surface area contributed by atoms with E-state index in [2.05, 4.69) is 17.3 Å². The fraction of sp³-hybridized carbons (Fsp3) is 0.375. The van der Waals surface area contributed by atoms with E-state index in [1.54, 1.807) is 17.5 Å². The van der Waals surface area contributed by atoms with Crippen LogP contribution in [-0.4, -0.2) is 28.9 Å². The van der Waals surface area contributed by atoms with Crippen molar-refractivity contribution >= 4 is 17.2 Å². The van der Waals surface area contributed by atoms with Gasteiger partial charge in [0.05, 0.1) is 11.3 Å². The highest BCUT2D eigenvalue weighted by Crippen LogP contribution is 2.21. The second-order valence-corrected chi connectivity index (χ2v) is 6.22. The molecule has 104 valence electrons. The smallest absolute Gasteiger partial charge is 0.255 e. The number of amides is 1. The van der Waals surface area contributed by atoms with Gasteiger partial charge in [0.1, 0.15) is 0 Å². The summed E-state index contributed by atoms with van der Waals surface area (Å²) in [4.78, 5) is 18.8. The molecule has 0 radical (unpaired) electrons. The van der Waals surface area contributed by atoms with E-state index >= 15 is 0 Å². The SMILES string of the molecule is C[C@@H]1CCCN(C(=O)c2ccc(-c3ccsc3)nc2)C1. The standard InChI is InChI=1S/C16H18N2OS/c1-12-3-2-7-18(10-12)16(19)13-4-5-15(17-9-13)14-6-8-20-11-14/h4-6,8-9,11-12H,2-3,7,10H2,1H3/t12-/m1/s1. The lowest BCUT2D eigenvalue weighted by molar-refractivity contribution is 0.0682. The Balaban J connectivity index is 1.75. The van der Waals surface area contributed by atoms with Crippen LogP contribution in [-0.2, 0) is 0 Å². The molecule has 3 heterocycles. The van der Waals surface area contributed by atoms with Crippen molar-refractivity contribution in [1.82, 2.24) is 9.88 Å². The van der Waals surface area contributed by atoms with Gasteiger partial charge in [0.15, 0.2) is 0 Å². The summed E-state index contributed by atoms with van der Waals surface area (Å²) in [6.45, 7) is 3.94. The Kier molecular flexibility index (Phi) is 3.83. The molecule has 2 aromatic rings. The topological polar surface area (TPSA) is 33.2 Å². The van der Waals surface area contributed by atoms with Gasteiger partial charge in [0.25, 0.3) is 5.91 Å². The van der Waals surface area contributed by atoms with Crippen LogP contribution in [0.5, 0.6) is 0 Å². The summed E-state index contributed by atoms with van der Waals surface area (Å²) in [5.74, 6) is 0.714. The predicted octanol–water partition coefficient (Wildman–Crippen LogP) is 3.68. The van der Waals surface area contributed by atoms with E-state index in [0.29, 0.717) is 11.5 Å². The number of nitrogens with zero attached hydrogens (tertiary/aromatic N) is 2. The second-order valence-electron chi connectivity index (χ2n) is 5.44. The van der Waals surface area contributed by atoms with Gasteiger partial charge < -0.3 is 4.90 Å². The van der Waals surface area contributed by atoms with Crippen LogP contribution in [0, 0.1) is 5.92 Å². The Labute approximate surface area is 123 Å². The zero-order chi connectivity index (χ0) is 13.9. The van der Waals surface area contributed by atoms with Crippen molar-refractivity contribution in [2.45, 2.75) is 19.8 Å². The van der Waals surface area contributed by atoms with Crippen molar-refractivity contribution < 1.29 is 4.79 Å². The molecule has 0 aliphatic carbocycles. The summed E-state index contributed by atoms with van der Waals surface area (Å²) in [6.07, 6.45) is 4.03. The lowest BCUT2D eigenvalue weighted by atomic mass is 10.00. The number of thiophene rings is 1. The third-order valence-electron chi connectivity index (χ3n) is 3.77. The van der Waals surface area contributed by atoms with Gasteiger partial charge in [-0.3, -0.25) is 9.78 Å². The van der Waals surface area contributed by atoms with Gasteiger partial charge in [-0.05, 0) is 42.3 Å². The van der Waals surface area contributed by atoms with E-state index in [1.807, 2.05) is 28.5 Å². The highest BCUT2D eigenvalue weighted by Gasteiger charge is 2.22. The zero-order valence-corrected chi connectivity index (χ0v) is 12.4. The largest absolute Gasteiger partial charge is 0.338 e. The van der Waals surface area contributed by atoms with E-state index in [1.165, 1.54) is 6.42 Å². The average Bonchev–Trinajstić information content (AvgIpc) is 3.01. The lowest BCUT2D eigenvalue weighted by Crippen LogP contribution is -2.39. The Morgan fingerprint density at radius 1 is 1.40 bits per heavy atom. The Morgan fingerprint density at radius 3 is 2.95 bits per heavy atom. The number of rotatable bonds is 2. The van der Waals surface area contributed by atoms with E-state index in [0.717, 1.165) is 30.8 Å². The molecule has 0 unspecified atom stereocenters. The average molecular weight is 286 g/mol. The number of hydrogen-bond donors (Lipinski definition) is 0. The van der Waals surface area contributed by atoms with E-state index in [9.17, 15) is 4.79 Å². The van der Waals surface area contributed by atoms with E-state index in [4.69, 9.17) is 0 Å². The van der Waals surface area contributed by atoms with Crippen LogP contribution in [0.1, 0.15) is 30.1 Å². The van der Waals surface area contributed by atoms with Crippen LogP contribution >= 0.6 is 11.3 Å². The highest BCUT2D eigenvalue weighted by molar-refractivity contribution is 7.08. The number of carbonyl (C=O) groups is 1.